The highest BCUT2D eigenvalue weighted by molar-refractivity contribution is 14.0. The normalized spacial score (nSPS) is 22.0. The topological polar surface area (TPSA) is 84.6 Å². The van der Waals surface area contributed by atoms with E-state index in [0.717, 1.165) is 38.4 Å². The molecule has 0 saturated heterocycles. The van der Waals surface area contributed by atoms with Crippen molar-refractivity contribution in [3.63, 3.8) is 0 Å². The molecule has 8 heteroatoms. The Morgan fingerprint density at radius 3 is 2.56 bits per heavy atom. The lowest BCUT2D eigenvalue weighted by molar-refractivity contribution is -0.133. The van der Waals surface area contributed by atoms with E-state index in [-0.39, 0.29) is 29.4 Å². The summed E-state index contributed by atoms with van der Waals surface area (Å²) in [5, 5.41) is 10.7. The van der Waals surface area contributed by atoms with Gasteiger partial charge in [0.25, 0.3) is 0 Å². The van der Waals surface area contributed by atoms with Crippen molar-refractivity contribution >= 4 is 29.9 Å². The summed E-state index contributed by atoms with van der Waals surface area (Å²) in [4.78, 5) is 8.77. The van der Waals surface area contributed by atoms with Gasteiger partial charge < -0.3 is 19.9 Å². The van der Waals surface area contributed by atoms with Gasteiger partial charge in [0, 0.05) is 24.6 Å². The number of rotatable bonds is 8. The van der Waals surface area contributed by atoms with Crippen molar-refractivity contribution in [3.8, 4) is 0 Å². The summed E-state index contributed by atoms with van der Waals surface area (Å²) in [6, 6.07) is 0.367. The molecule has 25 heavy (non-hydrogen) atoms. The second kappa shape index (κ2) is 10.3. The van der Waals surface area contributed by atoms with Gasteiger partial charge in [-0.25, -0.2) is 4.99 Å². The molecule has 2 rings (SSSR count). The average molecular weight is 465 g/mol. The third-order valence-corrected chi connectivity index (χ3v) is 5.07. The first-order valence-corrected chi connectivity index (χ1v) is 9.05. The van der Waals surface area contributed by atoms with Gasteiger partial charge in [-0.2, -0.15) is 4.98 Å². The molecule has 0 aliphatic heterocycles. The quantitative estimate of drug-likeness (QED) is 0.349. The maximum absolute atomic E-state index is 5.95. The van der Waals surface area contributed by atoms with Gasteiger partial charge in [-0.3, -0.25) is 0 Å². The van der Waals surface area contributed by atoms with Crippen molar-refractivity contribution in [1.29, 1.82) is 0 Å². The molecule has 1 aromatic rings. The van der Waals surface area contributed by atoms with E-state index in [0.29, 0.717) is 30.4 Å². The molecule has 1 aliphatic carbocycles. The SMILES string of the molecule is CCNC(=NCc1nc(C)no1)NC1CC(OCC)C1(CC)CC.I. The van der Waals surface area contributed by atoms with Crippen LogP contribution in [0.1, 0.15) is 58.7 Å². The lowest BCUT2D eigenvalue weighted by Crippen LogP contribution is -2.65. The highest BCUT2D eigenvalue weighted by atomic mass is 127. The Balaban J connectivity index is 0.00000312. The number of nitrogens with zero attached hydrogens (tertiary/aromatic N) is 3. The Morgan fingerprint density at radius 2 is 2.04 bits per heavy atom. The number of aromatic nitrogens is 2. The molecule has 144 valence electrons. The maximum atomic E-state index is 5.95. The van der Waals surface area contributed by atoms with E-state index in [1.54, 1.807) is 6.92 Å². The summed E-state index contributed by atoms with van der Waals surface area (Å²) in [5.74, 6) is 1.95. The monoisotopic (exact) mass is 465 g/mol. The zero-order valence-corrected chi connectivity index (χ0v) is 18.3. The van der Waals surface area contributed by atoms with Crippen LogP contribution in [0.2, 0.25) is 0 Å². The van der Waals surface area contributed by atoms with Gasteiger partial charge >= 0.3 is 0 Å². The number of guanidine groups is 1. The van der Waals surface area contributed by atoms with Crippen molar-refractivity contribution in [1.82, 2.24) is 20.8 Å². The van der Waals surface area contributed by atoms with E-state index in [2.05, 4.69) is 53.5 Å². The van der Waals surface area contributed by atoms with E-state index in [1.165, 1.54) is 0 Å². The summed E-state index contributed by atoms with van der Waals surface area (Å²) in [6.07, 6.45) is 3.53. The van der Waals surface area contributed by atoms with Crippen LogP contribution in [0.3, 0.4) is 0 Å². The third-order valence-electron chi connectivity index (χ3n) is 5.07. The molecule has 0 aromatic carbocycles. The van der Waals surface area contributed by atoms with Crippen molar-refractivity contribution in [2.75, 3.05) is 13.2 Å². The minimum absolute atomic E-state index is 0. The summed E-state index contributed by atoms with van der Waals surface area (Å²) in [5.41, 5.74) is 0.174. The highest BCUT2D eigenvalue weighted by Crippen LogP contribution is 2.48. The Morgan fingerprint density at radius 1 is 1.32 bits per heavy atom. The van der Waals surface area contributed by atoms with Crippen LogP contribution in [0.4, 0.5) is 0 Å². The molecule has 2 unspecified atom stereocenters. The first kappa shape index (κ1) is 22.1. The van der Waals surface area contributed by atoms with Gasteiger partial charge in [0.2, 0.25) is 5.89 Å². The molecule has 1 saturated carbocycles. The molecule has 0 bridgehead atoms. The number of aliphatic imine (C=N–C) groups is 1. The molecule has 2 N–H and O–H groups in total. The first-order chi connectivity index (χ1) is 11.6. The van der Waals surface area contributed by atoms with Gasteiger partial charge in [0.1, 0.15) is 6.54 Å². The van der Waals surface area contributed by atoms with Crippen LogP contribution in [0, 0.1) is 12.3 Å². The van der Waals surface area contributed by atoms with E-state index >= 15 is 0 Å². The Bertz CT molecular complexity index is 545. The molecule has 1 heterocycles. The predicted octanol–water partition coefficient (Wildman–Crippen LogP) is 3.03. The number of aryl methyl sites for hydroxylation is 1. The van der Waals surface area contributed by atoms with Crippen LogP contribution in [-0.4, -0.2) is 41.4 Å². The fourth-order valence-corrected chi connectivity index (χ4v) is 3.62. The summed E-state index contributed by atoms with van der Waals surface area (Å²) >= 11 is 0. The molecule has 1 fully saturated rings. The molecule has 2 atom stereocenters. The van der Waals surface area contributed by atoms with Gasteiger partial charge in [0.15, 0.2) is 11.8 Å². The summed E-state index contributed by atoms with van der Waals surface area (Å²) < 4.78 is 11.1. The predicted molar refractivity (Wildman–Crippen MR) is 109 cm³/mol. The van der Waals surface area contributed by atoms with Crippen molar-refractivity contribution in [2.45, 2.75) is 72.6 Å². The van der Waals surface area contributed by atoms with E-state index in [9.17, 15) is 0 Å². The Kier molecular flexibility index (Phi) is 9.12. The summed E-state index contributed by atoms with van der Waals surface area (Å²) in [6.45, 7) is 12.4. The van der Waals surface area contributed by atoms with Crippen LogP contribution >= 0.6 is 24.0 Å². The molecule has 7 nitrogen and oxygen atoms in total. The van der Waals surface area contributed by atoms with Crippen LogP contribution in [0.25, 0.3) is 0 Å². The molecule has 0 radical (unpaired) electrons. The molecular weight excluding hydrogens is 433 g/mol. The number of hydrogen-bond acceptors (Lipinski definition) is 5. The van der Waals surface area contributed by atoms with Crippen LogP contribution in [0.15, 0.2) is 9.52 Å². The van der Waals surface area contributed by atoms with Crippen LogP contribution in [0.5, 0.6) is 0 Å². The van der Waals surface area contributed by atoms with Crippen molar-refractivity contribution < 1.29 is 9.26 Å². The highest BCUT2D eigenvalue weighted by Gasteiger charge is 2.53. The fourth-order valence-electron chi connectivity index (χ4n) is 3.62. The second-order valence-corrected chi connectivity index (χ2v) is 6.25. The summed E-state index contributed by atoms with van der Waals surface area (Å²) in [7, 11) is 0. The van der Waals surface area contributed by atoms with E-state index < -0.39 is 0 Å². The minimum atomic E-state index is 0. The standard InChI is InChI=1S/C17H31N5O2.HI/c1-6-17(7-2)13(10-14(17)23-9-4)21-16(18-8-3)19-11-15-20-12(5)22-24-15;/h13-14H,6-11H2,1-5H3,(H2,18,19,21);1H. The number of ether oxygens (including phenoxy) is 1. The largest absolute Gasteiger partial charge is 0.378 e. The number of hydrogen-bond donors (Lipinski definition) is 2. The van der Waals surface area contributed by atoms with Crippen molar-refractivity contribution in [2.24, 2.45) is 10.4 Å². The molecule has 0 spiro atoms. The van der Waals surface area contributed by atoms with Crippen LogP contribution in [-0.2, 0) is 11.3 Å². The second-order valence-electron chi connectivity index (χ2n) is 6.25. The Labute approximate surface area is 167 Å². The third kappa shape index (κ3) is 5.06. The molecular formula is C17H32IN5O2. The molecule has 1 aromatic heterocycles. The zero-order chi connectivity index (χ0) is 17.6. The minimum Gasteiger partial charge on any atom is -0.378 e. The smallest absolute Gasteiger partial charge is 0.248 e. The van der Waals surface area contributed by atoms with Gasteiger partial charge in [-0.1, -0.05) is 19.0 Å². The van der Waals surface area contributed by atoms with Gasteiger partial charge in [-0.05, 0) is 40.0 Å². The number of halogens is 1. The maximum Gasteiger partial charge on any atom is 0.248 e. The first-order valence-electron chi connectivity index (χ1n) is 9.05. The fraction of sp³-hybridized carbons (Fsp3) is 0.824. The average Bonchev–Trinajstić information content (AvgIpc) is 2.98. The van der Waals surface area contributed by atoms with Gasteiger partial charge in [0.05, 0.1) is 6.10 Å². The molecule has 0 amide bonds. The van der Waals surface area contributed by atoms with E-state index in [1.807, 2.05) is 0 Å². The van der Waals surface area contributed by atoms with Gasteiger partial charge in [-0.15, -0.1) is 24.0 Å². The lowest BCUT2D eigenvalue weighted by Gasteiger charge is -2.55. The Hall–Kier alpha value is -0.900. The lowest BCUT2D eigenvalue weighted by atomic mass is 9.58. The van der Waals surface area contributed by atoms with Crippen LogP contribution < -0.4 is 10.6 Å². The zero-order valence-electron chi connectivity index (χ0n) is 16.0. The van der Waals surface area contributed by atoms with Crippen molar-refractivity contribution in [3.05, 3.63) is 11.7 Å². The van der Waals surface area contributed by atoms with E-state index in [4.69, 9.17) is 9.26 Å². The molecule has 1 aliphatic rings. The number of nitrogens with one attached hydrogen (secondary N) is 2.